The number of aromatic nitrogens is 2. The van der Waals surface area contributed by atoms with E-state index in [0.29, 0.717) is 31.6 Å². The summed E-state index contributed by atoms with van der Waals surface area (Å²) in [4.78, 5) is 24.8. The molecule has 170 valence electrons. The molecule has 2 heterocycles. The predicted octanol–water partition coefficient (Wildman–Crippen LogP) is 4.65. The summed E-state index contributed by atoms with van der Waals surface area (Å²) in [7, 11) is 0. The monoisotopic (exact) mass is 443 g/mol. The van der Waals surface area contributed by atoms with Crippen LogP contribution in [-0.2, 0) is 24.2 Å². The third-order valence-corrected chi connectivity index (χ3v) is 5.62. The van der Waals surface area contributed by atoms with Crippen LogP contribution in [0.25, 0.3) is 0 Å². The highest BCUT2D eigenvalue weighted by Crippen LogP contribution is 2.31. The van der Waals surface area contributed by atoms with Gasteiger partial charge in [-0.3, -0.25) is 4.90 Å². The lowest BCUT2D eigenvalue weighted by Crippen LogP contribution is -2.47. The second kappa shape index (κ2) is 9.37. The molecule has 0 fully saturated rings. The van der Waals surface area contributed by atoms with Crippen molar-refractivity contribution in [2.45, 2.75) is 51.9 Å². The molecule has 0 saturated carbocycles. The molecule has 1 aliphatic rings. The molecule has 0 radical (unpaired) electrons. The Labute approximate surface area is 194 Å². The molecular formula is C26H29N5O2. The van der Waals surface area contributed by atoms with Gasteiger partial charge in [0.1, 0.15) is 5.60 Å². The summed E-state index contributed by atoms with van der Waals surface area (Å²) in [6.45, 7) is 7.23. The summed E-state index contributed by atoms with van der Waals surface area (Å²) in [6, 6.07) is 18.0. The molecule has 7 nitrogen and oxygen atoms in total. The number of carbonyl (C=O) groups is 1. The largest absolute Gasteiger partial charge is 0.444 e. The van der Waals surface area contributed by atoms with E-state index in [9.17, 15) is 10.1 Å². The number of nitrogens with zero attached hydrogens (tertiary/aromatic N) is 4. The fourth-order valence-electron chi connectivity index (χ4n) is 4.18. The van der Waals surface area contributed by atoms with Gasteiger partial charge in [-0.15, -0.1) is 0 Å². The number of nitrogens with one attached hydrogen (secondary N) is 1. The van der Waals surface area contributed by atoms with Crippen LogP contribution in [0.3, 0.4) is 0 Å². The number of H-pyrrole nitrogens is 1. The number of aromatic amines is 1. The molecule has 1 amide bonds. The number of nitriles is 1. The minimum atomic E-state index is -0.604. The Hall–Kier alpha value is -3.79. The Morgan fingerprint density at radius 1 is 1.24 bits per heavy atom. The molecule has 0 spiro atoms. The van der Waals surface area contributed by atoms with E-state index in [-0.39, 0.29) is 12.1 Å². The van der Waals surface area contributed by atoms with Crippen molar-refractivity contribution in [3.8, 4) is 6.07 Å². The van der Waals surface area contributed by atoms with Crippen LogP contribution in [0.4, 0.5) is 10.5 Å². The number of rotatable bonds is 4. The molecule has 0 bridgehead atoms. The molecule has 1 N–H and O–H groups in total. The molecule has 1 aromatic heterocycles. The van der Waals surface area contributed by atoms with Crippen molar-refractivity contribution < 1.29 is 9.53 Å². The van der Waals surface area contributed by atoms with Crippen LogP contribution in [0.5, 0.6) is 0 Å². The summed E-state index contributed by atoms with van der Waals surface area (Å²) >= 11 is 0. The Bertz CT molecular complexity index is 1130. The van der Waals surface area contributed by atoms with Crippen LogP contribution in [0.2, 0.25) is 0 Å². The Kier molecular flexibility index (Phi) is 6.36. The minimum Gasteiger partial charge on any atom is -0.444 e. The van der Waals surface area contributed by atoms with Gasteiger partial charge < -0.3 is 14.6 Å². The summed E-state index contributed by atoms with van der Waals surface area (Å²) in [5.41, 5.74) is 4.03. The van der Waals surface area contributed by atoms with Crippen LogP contribution in [0, 0.1) is 11.3 Å². The first-order valence-electron chi connectivity index (χ1n) is 11.1. The van der Waals surface area contributed by atoms with Crippen molar-refractivity contribution in [3.05, 3.63) is 83.4 Å². The van der Waals surface area contributed by atoms with Gasteiger partial charge in [0.15, 0.2) is 0 Å². The Balaban J connectivity index is 1.75. The lowest BCUT2D eigenvalue weighted by atomic mass is 10.0. The maximum absolute atomic E-state index is 13.4. The number of amides is 1. The Morgan fingerprint density at radius 3 is 2.70 bits per heavy atom. The standard InChI is InChI=1S/C26H29N5O2/c1-26(2,3)33-25(32)31-15-21-11-20(13-27)9-10-24(21)30(16-22-14-28-18-29-22)17-23(31)12-19-7-5-4-6-8-19/h4-11,14,18,23H,12,15-17H2,1-3H3,(H,28,29)/t23-/m1/s1. The van der Waals surface area contributed by atoms with Gasteiger partial charge in [-0.25, -0.2) is 9.78 Å². The topological polar surface area (TPSA) is 85.2 Å². The second-order valence-corrected chi connectivity index (χ2v) is 9.36. The van der Waals surface area contributed by atoms with Gasteiger partial charge in [0.05, 0.1) is 42.8 Å². The summed E-state index contributed by atoms with van der Waals surface area (Å²) in [5.74, 6) is 0. The lowest BCUT2D eigenvalue weighted by Gasteiger charge is -2.34. The fraction of sp³-hybridized carbons (Fsp3) is 0.346. The van der Waals surface area contributed by atoms with E-state index >= 15 is 0 Å². The van der Waals surface area contributed by atoms with Gasteiger partial charge in [0, 0.05) is 18.4 Å². The number of benzene rings is 2. The number of carbonyl (C=O) groups excluding carboxylic acids is 1. The number of ether oxygens (including phenoxy) is 1. The molecule has 33 heavy (non-hydrogen) atoms. The van der Waals surface area contributed by atoms with Crippen LogP contribution in [0.15, 0.2) is 61.1 Å². The van der Waals surface area contributed by atoms with E-state index < -0.39 is 5.60 Å². The SMILES string of the molecule is CC(C)(C)OC(=O)N1Cc2cc(C#N)ccc2N(Cc2cnc[nH]2)C[C@H]1Cc1ccccc1. The highest BCUT2D eigenvalue weighted by Gasteiger charge is 2.34. The lowest BCUT2D eigenvalue weighted by molar-refractivity contribution is 0.0152. The quantitative estimate of drug-likeness (QED) is 0.634. The third-order valence-electron chi connectivity index (χ3n) is 5.62. The first-order valence-corrected chi connectivity index (χ1v) is 11.1. The molecule has 7 heteroatoms. The van der Waals surface area contributed by atoms with E-state index in [2.05, 4.69) is 33.1 Å². The predicted molar refractivity (Wildman–Crippen MR) is 127 cm³/mol. The maximum Gasteiger partial charge on any atom is 0.410 e. The van der Waals surface area contributed by atoms with Crippen LogP contribution < -0.4 is 4.90 Å². The van der Waals surface area contributed by atoms with Crippen LogP contribution in [0.1, 0.15) is 43.2 Å². The maximum atomic E-state index is 13.4. The highest BCUT2D eigenvalue weighted by atomic mass is 16.6. The first-order chi connectivity index (χ1) is 15.8. The summed E-state index contributed by atoms with van der Waals surface area (Å²) in [6.07, 6.45) is 3.83. The molecule has 2 aromatic carbocycles. The number of hydrogen-bond acceptors (Lipinski definition) is 5. The van der Waals surface area contributed by atoms with Gasteiger partial charge in [0.2, 0.25) is 0 Å². The second-order valence-electron chi connectivity index (χ2n) is 9.36. The Morgan fingerprint density at radius 2 is 2.03 bits per heavy atom. The van der Waals surface area contributed by atoms with E-state index in [1.807, 2.05) is 68.3 Å². The molecule has 1 atom stereocenters. The molecule has 1 aliphatic heterocycles. The van der Waals surface area contributed by atoms with Gasteiger partial charge in [0.25, 0.3) is 0 Å². The zero-order valence-corrected chi connectivity index (χ0v) is 19.3. The number of anilines is 1. The van der Waals surface area contributed by atoms with Gasteiger partial charge >= 0.3 is 6.09 Å². The average Bonchev–Trinajstić information content (AvgIpc) is 3.23. The zero-order valence-electron chi connectivity index (χ0n) is 19.3. The molecule has 0 aliphatic carbocycles. The number of fused-ring (bicyclic) bond motifs is 1. The summed E-state index contributed by atoms with van der Waals surface area (Å²) in [5, 5.41) is 9.48. The normalized spacial score (nSPS) is 16.0. The van der Waals surface area contributed by atoms with Crippen molar-refractivity contribution >= 4 is 11.8 Å². The average molecular weight is 444 g/mol. The molecule has 0 unspecified atom stereocenters. The number of hydrogen-bond donors (Lipinski definition) is 1. The molecular weight excluding hydrogens is 414 g/mol. The van der Waals surface area contributed by atoms with Crippen molar-refractivity contribution in [2.24, 2.45) is 0 Å². The van der Waals surface area contributed by atoms with Gasteiger partial charge in [-0.05, 0) is 56.5 Å². The van der Waals surface area contributed by atoms with Gasteiger partial charge in [-0.1, -0.05) is 30.3 Å². The fourth-order valence-corrected chi connectivity index (χ4v) is 4.18. The first kappa shape index (κ1) is 22.4. The smallest absolute Gasteiger partial charge is 0.410 e. The van der Waals surface area contributed by atoms with E-state index in [1.165, 1.54) is 0 Å². The van der Waals surface area contributed by atoms with Crippen molar-refractivity contribution in [1.29, 1.82) is 5.26 Å². The van der Waals surface area contributed by atoms with Gasteiger partial charge in [-0.2, -0.15) is 5.26 Å². The van der Waals surface area contributed by atoms with Crippen LogP contribution >= 0.6 is 0 Å². The number of imidazole rings is 1. The van der Waals surface area contributed by atoms with E-state index in [1.54, 1.807) is 6.33 Å². The minimum absolute atomic E-state index is 0.122. The molecule has 0 saturated heterocycles. The molecule has 3 aromatic rings. The van der Waals surface area contributed by atoms with Crippen molar-refractivity contribution in [3.63, 3.8) is 0 Å². The van der Waals surface area contributed by atoms with Crippen molar-refractivity contribution in [2.75, 3.05) is 11.4 Å². The zero-order chi connectivity index (χ0) is 23.4. The van der Waals surface area contributed by atoms with Crippen LogP contribution in [-0.4, -0.2) is 39.1 Å². The van der Waals surface area contributed by atoms with E-state index in [4.69, 9.17) is 4.74 Å². The molecule has 4 rings (SSSR count). The van der Waals surface area contributed by atoms with Crippen molar-refractivity contribution in [1.82, 2.24) is 14.9 Å². The third kappa shape index (κ3) is 5.53. The van der Waals surface area contributed by atoms with E-state index in [0.717, 1.165) is 22.5 Å². The highest BCUT2D eigenvalue weighted by molar-refractivity contribution is 5.70. The summed E-state index contributed by atoms with van der Waals surface area (Å²) < 4.78 is 5.80.